The number of anilines is 1. The number of carbonyl (C=O) groups excluding carboxylic acids is 2. The average molecular weight is 469 g/mol. The molecule has 3 heterocycles. The number of fused-ring (bicyclic) bond motifs is 1. The molecule has 0 radical (unpaired) electrons. The van der Waals surface area contributed by atoms with Crippen LogP contribution in [0.15, 0.2) is 46.5 Å². The van der Waals surface area contributed by atoms with E-state index < -0.39 is 22.0 Å². The molecule has 0 saturated carbocycles. The molecule has 1 atom stereocenters. The standard InChI is InChI=1S/C19H18Cl2N4O4S/c20-12-9-13(21)11-14(10-12)22-18(26)16-4-2-6-25(16)19(27)15-3-1-5-24-7-8-30(28,29)23-17(15)24/h1,3,5,9-11,16H,2,4,6-8H2,(H,22,26). The molecule has 1 aromatic rings. The molecule has 3 aliphatic heterocycles. The van der Waals surface area contributed by atoms with E-state index >= 15 is 0 Å². The van der Waals surface area contributed by atoms with Crippen molar-refractivity contribution in [2.75, 3.05) is 24.2 Å². The Labute approximate surface area is 183 Å². The number of benzene rings is 1. The summed E-state index contributed by atoms with van der Waals surface area (Å²) < 4.78 is 27.7. The number of allylic oxidation sites excluding steroid dienone is 2. The maximum atomic E-state index is 13.2. The van der Waals surface area contributed by atoms with E-state index in [9.17, 15) is 18.0 Å². The fourth-order valence-corrected chi connectivity index (χ4v) is 5.18. The van der Waals surface area contributed by atoms with Gasteiger partial charge in [-0.15, -0.1) is 4.40 Å². The first-order valence-corrected chi connectivity index (χ1v) is 11.7. The molecule has 11 heteroatoms. The van der Waals surface area contributed by atoms with Gasteiger partial charge in [0.1, 0.15) is 6.04 Å². The molecule has 30 heavy (non-hydrogen) atoms. The molecular weight excluding hydrogens is 451 g/mol. The van der Waals surface area contributed by atoms with Crippen molar-refractivity contribution in [2.45, 2.75) is 18.9 Å². The lowest BCUT2D eigenvalue weighted by Crippen LogP contribution is -2.47. The summed E-state index contributed by atoms with van der Waals surface area (Å²) in [6.45, 7) is 0.607. The lowest BCUT2D eigenvalue weighted by atomic mass is 10.1. The first-order valence-electron chi connectivity index (χ1n) is 9.29. The van der Waals surface area contributed by atoms with Crippen LogP contribution in [0, 0.1) is 0 Å². The van der Waals surface area contributed by atoms with Crippen LogP contribution in [0.5, 0.6) is 0 Å². The van der Waals surface area contributed by atoms with E-state index in [-0.39, 0.29) is 29.6 Å². The maximum Gasteiger partial charge on any atom is 0.258 e. The van der Waals surface area contributed by atoms with Gasteiger partial charge in [-0.3, -0.25) is 9.59 Å². The number of sulfonamides is 1. The third kappa shape index (κ3) is 4.23. The van der Waals surface area contributed by atoms with E-state index in [2.05, 4.69) is 9.71 Å². The van der Waals surface area contributed by atoms with Crippen molar-refractivity contribution in [1.82, 2.24) is 9.80 Å². The lowest BCUT2D eigenvalue weighted by molar-refractivity contribution is -0.133. The number of nitrogens with one attached hydrogen (secondary N) is 1. The number of amidine groups is 1. The van der Waals surface area contributed by atoms with Crippen LogP contribution in [-0.2, 0) is 19.6 Å². The molecule has 3 aliphatic rings. The molecule has 1 unspecified atom stereocenters. The SMILES string of the molecule is O=C(Nc1cc(Cl)cc(Cl)c1)C1CCCN1C(=O)C1=CC=CN2CCS(=O)(=O)N=C12. The highest BCUT2D eigenvalue weighted by Crippen LogP contribution is 2.27. The topological polar surface area (TPSA) is 99.1 Å². The molecule has 0 aliphatic carbocycles. The van der Waals surface area contributed by atoms with Gasteiger partial charge in [0.05, 0.1) is 11.3 Å². The van der Waals surface area contributed by atoms with E-state index in [0.29, 0.717) is 35.1 Å². The van der Waals surface area contributed by atoms with Crippen molar-refractivity contribution < 1.29 is 18.0 Å². The summed E-state index contributed by atoms with van der Waals surface area (Å²) in [5.74, 6) is -0.802. The van der Waals surface area contributed by atoms with Gasteiger partial charge < -0.3 is 15.1 Å². The Kier molecular flexibility index (Phi) is 5.61. The lowest BCUT2D eigenvalue weighted by Gasteiger charge is -2.31. The van der Waals surface area contributed by atoms with Gasteiger partial charge in [0, 0.05) is 35.0 Å². The molecule has 0 aromatic heterocycles. The van der Waals surface area contributed by atoms with Crippen molar-refractivity contribution in [2.24, 2.45) is 4.40 Å². The summed E-state index contributed by atoms with van der Waals surface area (Å²) in [6, 6.07) is 4.00. The van der Waals surface area contributed by atoms with Gasteiger partial charge in [-0.2, -0.15) is 0 Å². The van der Waals surface area contributed by atoms with Crippen molar-refractivity contribution in [1.29, 1.82) is 0 Å². The van der Waals surface area contributed by atoms with E-state index in [1.165, 1.54) is 11.0 Å². The fourth-order valence-electron chi connectivity index (χ4n) is 3.67. The average Bonchev–Trinajstić information content (AvgIpc) is 3.15. The summed E-state index contributed by atoms with van der Waals surface area (Å²) in [5.41, 5.74) is 0.594. The van der Waals surface area contributed by atoms with Crippen LogP contribution in [0.1, 0.15) is 12.8 Å². The Balaban J connectivity index is 1.56. The Morgan fingerprint density at radius 3 is 2.60 bits per heavy atom. The predicted molar refractivity (Wildman–Crippen MR) is 115 cm³/mol. The third-order valence-electron chi connectivity index (χ3n) is 5.03. The van der Waals surface area contributed by atoms with Crippen LogP contribution < -0.4 is 5.32 Å². The Morgan fingerprint density at radius 1 is 1.13 bits per heavy atom. The number of rotatable bonds is 3. The second-order valence-corrected chi connectivity index (χ2v) is 9.75. The number of amides is 2. The van der Waals surface area contributed by atoms with Crippen LogP contribution in [0.2, 0.25) is 10.0 Å². The van der Waals surface area contributed by atoms with Crippen LogP contribution in [0.25, 0.3) is 0 Å². The number of hydrogen-bond acceptors (Lipinski definition) is 5. The van der Waals surface area contributed by atoms with Gasteiger partial charge in [0.15, 0.2) is 5.84 Å². The molecule has 158 valence electrons. The van der Waals surface area contributed by atoms with Gasteiger partial charge in [-0.25, -0.2) is 8.42 Å². The first kappa shape index (κ1) is 20.9. The monoisotopic (exact) mass is 468 g/mol. The zero-order valence-electron chi connectivity index (χ0n) is 15.7. The normalized spacial score (nSPS) is 22.3. The second-order valence-electron chi connectivity index (χ2n) is 7.12. The molecule has 1 N–H and O–H groups in total. The summed E-state index contributed by atoms with van der Waals surface area (Å²) in [6.07, 6.45) is 6.02. The molecule has 8 nitrogen and oxygen atoms in total. The van der Waals surface area contributed by atoms with Gasteiger partial charge >= 0.3 is 0 Å². The number of halogens is 2. The van der Waals surface area contributed by atoms with Crippen LogP contribution in [0.3, 0.4) is 0 Å². The van der Waals surface area contributed by atoms with Crippen molar-refractivity contribution in [3.05, 3.63) is 52.2 Å². The Hall–Kier alpha value is -2.36. The second kappa shape index (κ2) is 8.05. The molecule has 1 saturated heterocycles. The number of hydrogen-bond donors (Lipinski definition) is 1. The Morgan fingerprint density at radius 2 is 1.87 bits per heavy atom. The number of carbonyl (C=O) groups is 2. The minimum Gasteiger partial charge on any atom is -0.331 e. The fraction of sp³-hybridized carbons (Fsp3) is 0.316. The quantitative estimate of drug-likeness (QED) is 0.733. The minimum atomic E-state index is -3.63. The zero-order chi connectivity index (χ0) is 21.5. The summed E-state index contributed by atoms with van der Waals surface area (Å²) in [5, 5.41) is 3.52. The molecular formula is C19H18Cl2N4O4S. The van der Waals surface area contributed by atoms with Gasteiger partial charge in [0.2, 0.25) is 5.91 Å². The zero-order valence-corrected chi connectivity index (χ0v) is 18.0. The minimum absolute atomic E-state index is 0.0985. The first-order chi connectivity index (χ1) is 14.2. The highest BCUT2D eigenvalue weighted by atomic mass is 35.5. The third-order valence-corrected chi connectivity index (χ3v) is 6.62. The van der Waals surface area contributed by atoms with Crippen LogP contribution >= 0.6 is 23.2 Å². The molecule has 2 amide bonds. The molecule has 1 fully saturated rings. The summed E-state index contributed by atoms with van der Waals surface area (Å²) in [4.78, 5) is 29.2. The number of likely N-dealkylation sites (tertiary alicyclic amines) is 1. The van der Waals surface area contributed by atoms with E-state index in [1.54, 1.807) is 35.4 Å². The number of nitrogens with zero attached hydrogens (tertiary/aromatic N) is 3. The van der Waals surface area contributed by atoms with Gasteiger partial charge in [-0.05, 0) is 43.2 Å². The maximum absolute atomic E-state index is 13.2. The van der Waals surface area contributed by atoms with Gasteiger partial charge in [0.25, 0.3) is 15.9 Å². The summed E-state index contributed by atoms with van der Waals surface area (Å²) >= 11 is 12.0. The smallest absolute Gasteiger partial charge is 0.258 e. The van der Waals surface area contributed by atoms with Crippen molar-refractivity contribution in [3.8, 4) is 0 Å². The van der Waals surface area contributed by atoms with Crippen molar-refractivity contribution >= 4 is 56.6 Å². The van der Waals surface area contributed by atoms with Crippen LogP contribution in [0.4, 0.5) is 5.69 Å². The van der Waals surface area contributed by atoms with Gasteiger partial charge in [-0.1, -0.05) is 23.2 Å². The molecule has 0 bridgehead atoms. The van der Waals surface area contributed by atoms with Crippen molar-refractivity contribution in [3.63, 3.8) is 0 Å². The highest BCUT2D eigenvalue weighted by molar-refractivity contribution is 7.90. The molecule has 0 spiro atoms. The van der Waals surface area contributed by atoms with E-state index in [4.69, 9.17) is 23.2 Å². The Bertz CT molecular complexity index is 1090. The van der Waals surface area contributed by atoms with Crippen LogP contribution in [-0.4, -0.2) is 60.8 Å². The molecule has 4 rings (SSSR count). The predicted octanol–water partition coefficient (Wildman–Crippen LogP) is 2.42. The largest absolute Gasteiger partial charge is 0.331 e. The summed E-state index contributed by atoms with van der Waals surface area (Å²) in [7, 11) is -3.63. The highest BCUT2D eigenvalue weighted by Gasteiger charge is 2.39. The van der Waals surface area contributed by atoms with E-state index in [1.807, 2.05) is 0 Å². The molecule has 1 aromatic carbocycles. The van der Waals surface area contributed by atoms with E-state index in [0.717, 1.165) is 0 Å².